The highest BCUT2D eigenvalue weighted by Crippen LogP contribution is 2.36. The Morgan fingerprint density at radius 3 is 1.27 bits per heavy atom. The summed E-state index contributed by atoms with van der Waals surface area (Å²) in [5.74, 6) is -1.48. The molecular weight excluding hydrogens is 320 g/mol. The van der Waals surface area contributed by atoms with Gasteiger partial charge in [-0.25, -0.2) is 0 Å². The van der Waals surface area contributed by atoms with Gasteiger partial charge in [0.2, 0.25) is 0 Å². The van der Waals surface area contributed by atoms with E-state index in [1.165, 1.54) is 0 Å². The minimum atomic E-state index is -1.80. The lowest BCUT2D eigenvalue weighted by molar-refractivity contribution is -0.473. The maximum atomic E-state index is 5.98. The normalized spacial score (nSPS) is 13.1. The molecule has 0 saturated heterocycles. The molecule has 130 valence electrons. The first kappa shape index (κ1) is 22.2. The molecule has 22 heavy (non-hydrogen) atoms. The lowest BCUT2D eigenvalue weighted by Gasteiger charge is -2.48. The van der Waals surface area contributed by atoms with Crippen LogP contribution in [0.1, 0.15) is 41.5 Å². The second-order valence-electron chi connectivity index (χ2n) is 4.10. The first-order chi connectivity index (χ1) is 10.5. The average molecular weight is 351 g/mol. The molecule has 0 aliphatic heterocycles. The number of ether oxygens (including phenoxy) is 5. The lowest BCUT2D eigenvalue weighted by Crippen LogP contribution is -2.71. The molecular formula is C14H30O6Si2. The van der Waals surface area contributed by atoms with Gasteiger partial charge < -0.3 is 28.1 Å². The third kappa shape index (κ3) is 5.10. The van der Waals surface area contributed by atoms with Gasteiger partial charge in [-0.1, -0.05) is 0 Å². The van der Waals surface area contributed by atoms with Gasteiger partial charge in [-0.05, 0) is 41.5 Å². The van der Waals surface area contributed by atoms with Gasteiger partial charge in [-0.15, -0.1) is 0 Å². The Morgan fingerprint density at radius 2 is 1.00 bits per heavy atom. The zero-order valence-electron chi connectivity index (χ0n) is 14.7. The van der Waals surface area contributed by atoms with Crippen LogP contribution in [-0.2, 0) is 28.1 Å². The molecule has 0 spiro atoms. The van der Waals surface area contributed by atoms with Gasteiger partial charge in [0.25, 0.3) is 14.0 Å². The second-order valence-corrected chi connectivity index (χ2v) is 7.07. The van der Waals surface area contributed by atoms with E-state index in [0.717, 1.165) is 0 Å². The lowest BCUT2D eigenvalue weighted by atomic mass is 10.4. The molecule has 0 atom stereocenters. The van der Waals surface area contributed by atoms with Crippen molar-refractivity contribution in [3.8, 4) is 0 Å². The van der Waals surface area contributed by atoms with Gasteiger partial charge in [0, 0.05) is 39.6 Å². The van der Waals surface area contributed by atoms with Crippen LogP contribution in [0, 0.1) is 0 Å². The van der Waals surface area contributed by atoms with Crippen LogP contribution in [0.5, 0.6) is 0 Å². The Morgan fingerprint density at radius 1 is 0.636 bits per heavy atom. The minimum absolute atomic E-state index is 0.384. The SMILES string of the molecule is CCO[Si]([Si])C(OCC)(OCC)C(OCC)(OCC)OCC. The molecule has 0 fully saturated rings. The highest BCUT2D eigenvalue weighted by atomic mass is 29.2. The summed E-state index contributed by atoms with van der Waals surface area (Å²) in [6, 6.07) is 0. The Balaban J connectivity index is 5.94. The van der Waals surface area contributed by atoms with Crippen LogP contribution in [0.25, 0.3) is 0 Å². The van der Waals surface area contributed by atoms with Gasteiger partial charge in [-0.2, -0.15) is 0 Å². The highest BCUT2D eigenvalue weighted by molar-refractivity contribution is 7.01. The standard InChI is InChI=1S/C14H30O6Si2/c1-7-15-13(16-8-2,17-9-3)14(18-10-4,19-11-5)22(21)20-12-6/h7-12H2,1-6H3. The van der Waals surface area contributed by atoms with Crippen molar-refractivity contribution < 1.29 is 28.1 Å². The van der Waals surface area contributed by atoms with E-state index in [4.69, 9.17) is 28.1 Å². The molecule has 0 unspecified atom stereocenters. The molecule has 0 bridgehead atoms. The van der Waals surface area contributed by atoms with Gasteiger partial charge in [0.15, 0.2) is 0 Å². The summed E-state index contributed by atoms with van der Waals surface area (Å²) < 4.78 is 35.4. The zero-order valence-corrected chi connectivity index (χ0v) is 16.7. The fraction of sp³-hybridized carbons (Fsp3) is 1.00. The van der Waals surface area contributed by atoms with Crippen LogP contribution < -0.4 is 0 Å². The predicted octanol–water partition coefficient (Wildman–Crippen LogP) is 1.75. The molecule has 0 saturated carbocycles. The van der Waals surface area contributed by atoms with E-state index in [1.54, 1.807) is 0 Å². The molecule has 0 rings (SSSR count). The van der Waals surface area contributed by atoms with Crippen LogP contribution >= 0.6 is 0 Å². The van der Waals surface area contributed by atoms with E-state index in [-0.39, 0.29) is 0 Å². The third-order valence-electron chi connectivity index (χ3n) is 2.69. The molecule has 0 aromatic heterocycles. The third-order valence-corrected chi connectivity index (χ3v) is 5.88. The Kier molecular flexibility index (Phi) is 11.8. The highest BCUT2D eigenvalue weighted by Gasteiger charge is 2.63. The molecule has 0 N–H and O–H groups in total. The Labute approximate surface area is 139 Å². The fourth-order valence-electron chi connectivity index (χ4n) is 2.11. The first-order valence-corrected chi connectivity index (χ1v) is 10.9. The topological polar surface area (TPSA) is 55.4 Å². The average Bonchev–Trinajstić information content (AvgIpc) is 2.47. The van der Waals surface area contributed by atoms with Crippen LogP contribution in [-0.4, -0.2) is 69.3 Å². The maximum Gasteiger partial charge on any atom is 0.338 e. The van der Waals surface area contributed by atoms with E-state index in [2.05, 4.69) is 9.76 Å². The van der Waals surface area contributed by atoms with Crippen molar-refractivity contribution in [1.82, 2.24) is 0 Å². The molecule has 0 aromatic rings. The summed E-state index contributed by atoms with van der Waals surface area (Å²) in [5, 5.41) is 0. The maximum absolute atomic E-state index is 5.98. The smallest absolute Gasteiger partial charge is 0.338 e. The summed E-state index contributed by atoms with van der Waals surface area (Å²) in [5.41, 5.74) is -1.30. The van der Waals surface area contributed by atoms with Crippen molar-refractivity contribution >= 4 is 18.3 Å². The van der Waals surface area contributed by atoms with Crippen molar-refractivity contribution in [2.75, 3.05) is 39.6 Å². The molecule has 8 heteroatoms. The molecule has 6 nitrogen and oxygen atoms in total. The molecule has 0 heterocycles. The van der Waals surface area contributed by atoms with Gasteiger partial charge in [0.1, 0.15) is 0 Å². The molecule has 0 amide bonds. The van der Waals surface area contributed by atoms with Crippen LogP contribution in [0.4, 0.5) is 0 Å². The van der Waals surface area contributed by atoms with E-state index in [1.807, 2.05) is 41.5 Å². The number of rotatable bonds is 14. The van der Waals surface area contributed by atoms with E-state index in [0.29, 0.717) is 39.6 Å². The van der Waals surface area contributed by atoms with Gasteiger partial charge in [0.05, 0.1) is 9.76 Å². The molecule has 0 aliphatic carbocycles. The summed E-state index contributed by atoms with van der Waals surface area (Å²) in [4.78, 5) is 0. The van der Waals surface area contributed by atoms with Crippen molar-refractivity contribution in [2.45, 2.75) is 52.9 Å². The number of hydrogen-bond donors (Lipinski definition) is 0. The molecule has 0 aliphatic rings. The van der Waals surface area contributed by atoms with E-state index >= 15 is 0 Å². The van der Waals surface area contributed by atoms with Crippen molar-refractivity contribution in [3.63, 3.8) is 0 Å². The summed E-state index contributed by atoms with van der Waals surface area (Å²) in [6.45, 7) is 13.8. The Hall–Kier alpha value is 0.194. The van der Waals surface area contributed by atoms with Crippen molar-refractivity contribution in [3.05, 3.63) is 0 Å². The van der Waals surface area contributed by atoms with Gasteiger partial charge in [-0.3, -0.25) is 0 Å². The van der Waals surface area contributed by atoms with E-state index in [9.17, 15) is 0 Å². The fourth-order valence-corrected chi connectivity index (χ4v) is 4.96. The largest absolute Gasteiger partial charge is 0.415 e. The minimum Gasteiger partial charge on any atom is -0.415 e. The van der Waals surface area contributed by atoms with Crippen molar-refractivity contribution in [1.29, 1.82) is 0 Å². The zero-order chi connectivity index (χ0) is 17.1. The van der Waals surface area contributed by atoms with E-state index < -0.39 is 19.9 Å². The quantitative estimate of drug-likeness (QED) is 0.351. The summed E-state index contributed by atoms with van der Waals surface area (Å²) in [6.07, 6.45) is 0. The van der Waals surface area contributed by atoms with Crippen molar-refractivity contribution in [2.24, 2.45) is 0 Å². The van der Waals surface area contributed by atoms with Crippen LogP contribution in [0.2, 0.25) is 0 Å². The first-order valence-electron chi connectivity index (χ1n) is 7.95. The van der Waals surface area contributed by atoms with Crippen LogP contribution in [0.3, 0.4) is 0 Å². The second kappa shape index (κ2) is 11.7. The summed E-state index contributed by atoms with van der Waals surface area (Å²) >= 11 is 0. The molecule has 0 aromatic carbocycles. The number of hydrogen-bond acceptors (Lipinski definition) is 6. The predicted molar refractivity (Wildman–Crippen MR) is 86.7 cm³/mol. The molecule has 4 radical (unpaired) electrons. The Bertz CT molecular complexity index is 257. The van der Waals surface area contributed by atoms with Crippen LogP contribution in [0.15, 0.2) is 0 Å². The monoisotopic (exact) mass is 350 g/mol. The summed E-state index contributed by atoms with van der Waals surface area (Å²) in [7, 11) is 1.86. The van der Waals surface area contributed by atoms with Gasteiger partial charge >= 0.3 is 5.97 Å².